The van der Waals surface area contributed by atoms with Crippen LogP contribution in [0.3, 0.4) is 0 Å². The number of fused-ring (bicyclic) bond motifs is 1. The molecule has 1 aromatic carbocycles. The van der Waals surface area contributed by atoms with Crippen molar-refractivity contribution in [2.75, 3.05) is 31.8 Å². The number of ether oxygens (including phenoxy) is 1. The largest absolute Gasteiger partial charge is 0.377 e. The molecule has 1 atom stereocenters. The van der Waals surface area contributed by atoms with E-state index in [1.165, 1.54) is 12.0 Å². The van der Waals surface area contributed by atoms with E-state index in [1.54, 1.807) is 0 Å². The number of anilines is 1. The summed E-state index contributed by atoms with van der Waals surface area (Å²) in [5.74, 6) is 1.29. The maximum Gasteiger partial charge on any atom is 0.230 e. The summed E-state index contributed by atoms with van der Waals surface area (Å²) in [6, 6.07) is 6.22. The SMILES string of the molecule is Cc1ccc2nc(NC3=NCN(C[C@H]4CCCO4)CN3)nc(C)c2c1. The van der Waals surface area contributed by atoms with E-state index in [0.717, 1.165) is 48.8 Å². The predicted molar refractivity (Wildman–Crippen MR) is 98.6 cm³/mol. The molecule has 1 saturated heterocycles. The summed E-state index contributed by atoms with van der Waals surface area (Å²) in [4.78, 5) is 16.0. The summed E-state index contributed by atoms with van der Waals surface area (Å²) in [5, 5.41) is 7.59. The molecule has 132 valence electrons. The van der Waals surface area contributed by atoms with E-state index < -0.39 is 0 Å². The molecular formula is C18H24N6O. The number of guanidine groups is 1. The number of hydrogen-bond acceptors (Lipinski definition) is 7. The Bertz CT molecular complexity index is 799. The van der Waals surface area contributed by atoms with Crippen molar-refractivity contribution in [2.24, 2.45) is 4.99 Å². The normalized spacial score (nSPS) is 21.2. The zero-order chi connectivity index (χ0) is 17.2. The van der Waals surface area contributed by atoms with Crippen molar-refractivity contribution in [3.63, 3.8) is 0 Å². The van der Waals surface area contributed by atoms with Crippen molar-refractivity contribution in [3.05, 3.63) is 29.5 Å². The van der Waals surface area contributed by atoms with Crippen LogP contribution in [0.4, 0.5) is 5.95 Å². The van der Waals surface area contributed by atoms with Gasteiger partial charge in [0.1, 0.15) is 0 Å². The minimum Gasteiger partial charge on any atom is -0.377 e. The molecule has 1 aromatic heterocycles. The van der Waals surface area contributed by atoms with E-state index in [-0.39, 0.29) is 0 Å². The number of aliphatic imine (C=N–C) groups is 1. The Morgan fingerprint density at radius 2 is 2.24 bits per heavy atom. The quantitative estimate of drug-likeness (QED) is 0.890. The highest BCUT2D eigenvalue weighted by Crippen LogP contribution is 2.19. The molecule has 0 aliphatic carbocycles. The first-order valence-electron chi connectivity index (χ1n) is 8.82. The third-order valence-electron chi connectivity index (χ3n) is 4.66. The zero-order valence-electron chi connectivity index (χ0n) is 14.7. The van der Waals surface area contributed by atoms with Crippen molar-refractivity contribution in [1.82, 2.24) is 20.2 Å². The van der Waals surface area contributed by atoms with Gasteiger partial charge < -0.3 is 10.1 Å². The Labute approximate surface area is 147 Å². The molecular weight excluding hydrogens is 316 g/mol. The third kappa shape index (κ3) is 3.72. The van der Waals surface area contributed by atoms with Gasteiger partial charge >= 0.3 is 0 Å². The molecule has 0 bridgehead atoms. The van der Waals surface area contributed by atoms with Gasteiger partial charge in [-0.25, -0.2) is 15.0 Å². The molecule has 1 fully saturated rings. The third-order valence-corrected chi connectivity index (χ3v) is 4.66. The summed E-state index contributed by atoms with van der Waals surface area (Å²) >= 11 is 0. The second-order valence-electron chi connectivity index (χ2n) is 6.75. The van der Waals surface area contributed by atoms with E-state index in [4.69, 9.17) is 4.74 Å². The molecule has 2 aliphatic heterocycles. The molecule has 0 radical (unpaired) electrons. The van der Waals surface area contributed by atoms with Crippen molar-refractivity contribution >= 4 is 22.8 Å². The summed E-state index contributed by atoms with van der Waals surface area (Å²) in [6.07, 6.45) is 2.66. The number of aryl methyl sites for hydroxylation is 2. The van der Waals surface area contributed by atoms with Gasteiger partial charge in [0.25, 0.3) is 0 Å². The Kier molecular flexibility index (Phi) is 4.50. The number of aromatic nitrogens is 2. The zero-order valence-corrected chi connectivity index (χ0v) is 14.7. The van der Waals surface area contributed by atoms with E-state index in [2.05, 4.69) is 49.6 Å². The molecule has 0 amide bonds. The van der Waals surface area contributed by atoms with Crippen LogP contribution in [0.5, 0.6) is 0 Å². The van der Waals surface area contributed by atoms with Gasteiger partial charge in [0, 0.05) is 18.5 Å². The molecule has 25 heavy (non-hydrogen) atoms. The molecule has 2 aliphatic rings. The second-order valence-corrected chi connectivity index (χ2v) is 6.75. The van der Waals surface area contributed by atoms with Crippen LogP contribution in [-0.4, -0.2) is 53.4 Å². The average molecular weight is 340 g/mol. The summed E-state index contributed by atoms with van der Waals surface area (Å²) in [5.41, 5.74) is 3.12. The maximum absolute atomic E-state index is 5.69. The Morgan fingerprint density at radius 3 is 3.00 bits per heavy atom. The van der Waals surface area contributed by atoms with E-state index in [0.29, 0.717) is 18.7 Å². The van der Waals surface area contributed by atoms with Crippen LogP contribution in [0.25, 0.3) is 10.9 Å². The van der Waals surface area contributed by atoms with Gasteiger partial charge in [-0.05, 0) is 38.8 Å². The maximum atomic E-state index is 5.69. The summed E-state index contributed by atoms with van der Waals surface area (Å²) in [7, 11) is 0. The highest BCUT2D eigenvalue weighted by molar-refractivity contribution is 5.93. The van der Waals surface area contributed by atoms with Crippen molar-refractivity contribution in [3.8, 4) is 0 Å². The van der Waals surface area contributed by atoms with Gasteiger partial charge in [-0.15, -0.1) is 0 Å². The fourth-order valence-corrected chi connectivity index (χ4v) is 3.30. The fraction of sp³-hybridized carbons (Fsp3) is 0.500. The second kappa shape index (κ2) is 6.93. The molecule has 7 nitrogen and oxygen atoms in total. The van der Waals surface area contributed by atoms with Gasteiger partial charge in [-0.1, -0.05) is 11.6 Å². The topological polar surface area (TPSA) is 74.7 Å². The first-order chi connectivity index (χ1) is 12.2. The van der Waals surface area contributed by atoms with Crippen molar-refractivity contribution in [1.29, 1.82) is 0 Å². The van der Waals surface area contributed by atoms with Crippen LogP contribution >= 0.6 is 0 Å². The van der Waals surface area contributed by atoms with Crippen LogP contribution < -0.4 is 10.6 Å². The van der Waals surface area contributed by atoms with Crippen LogP contribution in [0, 0.1) is 13.8 Å². The van der Waals surface area contributed by atoms with E-state index >= 15 is 0 Å². The van der Waals surface area contributed by atoms with Crippen LogP contribution in [0.15, 0.2) is 23.2 Å². The van der Waals surface area contributed by atoms with E-state index in [9.17, 15) is 0 Å². The number of rotatable bonds is 3. The van der Waals surface area contributed by atoms with Crippen LogP contribution in [0.2, 0.25) is 0 Å². The van der Waals surface area contributed by atoms with Crippen LogP contribution in [0.1, 0.15) is 24.1 Å². The first kappa shape index (κ1) is 16.2. The van der Waals surface area contributed by atoms with Crippen LogP contribution in [-0.2, 0) is 4.74 Å². The smallest absolute Gasteiger partial charge is 0.230 e. The Morgan fingerprint density at radius 1 is 1.32 bits per heavy atom. The average Bonchev–Trinajstić information content (AvgIpc) is 3.10. The Hall–Kier alpha value is -2.25. The fourth-order valence-electron chi connectivity index (χ4n) is 3.30. The van der Waals surface area contributed by atoms with Gasteiger partial charge in [0.05, 0.1) is 30.7 Å². The van der Waals surface area contributed by atoms with Gasteiger partial charge in [0.2, 0.25) is 11.9 Å². The molecule has 7 heteroatoms. The lowest BCUT2D eigenvalue weighted by molar-refractivity contribution is 0.0715. The molecule has 0 spiro atoms. The minimum absolute atomic E-state index is 0.349. The van der Waals surface area contributed by atoms with Gasteiger partial charge in [0.15, 0.2) is 0 Å². The van der Waals surface area contributed by atoms with Gasteiger partial charge in [-0.3, -0.25) is 10.2 Å². The van der Waals surface area contributed by atoms with Gasteiger partial charge in [-0.2, -0.15) is 0 Å². The molecule has 2 N–H and O–H groups in total. The lowest BCUT2D eigenvalue weighted by Crippen LogP contribution is -2.48. The summed E-state index contributed by atoms with van der Waals surface area (Å²) in [6.45, 7) is 7.30. The lowest BCUT2D eigenvalue weighted by Gasteiger charge is -2.28. The predicted octanol–water partition coefficient (Wildman–Crippen LogP) is 2.01. The number of hydrogen-bond donors (Lipinski definition) is 2. The monoisotopic (exact) mass is 340 g/mol. The molecule has 0 unspecified atom stereocenters. The minimum atomic E-state index is 0.349. The first-order valence-corrected chi connectivity index (χ1v) is 8.82. The standard InChI is InChI=1S/C18H24N6O/c1-12-5-6-16-15(8-12)13(2)21-18(22-16)23-17-19-10-24(11-20-17)9-14-4-3-7-25-14/h5-6,8,14H,3-4,7,9-11H2,1-2H3,(H2,19,20,21,22,23)/t14-/m1/s1. The Balaban J connectivity index is 1.43. The number of nitrogens with one attached hydrogen (secondary N) is 2. The molecule has 4 rings (SSSR count). The van der Waals surface area contributed by atoms with Crippen molar-refractivity contribution in [2.45, 2.75) is 32.8 Å². The highest BCUT2D eigenvalue weighted by atomic mass is 16.5. The molecule has 0 saturated carbocycles. The molecule has 2 aromatic rings. The van der Waals surface area contributed by atoms with Crippen molar-refractivity contribution < 1.29 is 4.74 Å². The summed E-state index contributed by atoms with van der Waals surface area (Å²) < 4.78 is 5.69. The lowest BCUT2D eigenvalue weighted by atomic mass is 10.1. The number of nitrogens with zero attached hydrogens (tertiary/aromatic N) is 4. The number of benzene rings is 1. The van der Waals surface area contributed by atoms with E-state index in [1.807, 2.05) is 13.0 Å². The molecule has 3 heterocycles. The highest BCUT2D eigenvalue weighted by Gasteiger charge is 2.21.